The van der Waals surface area contributed by atoms with Gasteiger partial charge in [-0.1, -0.05) is 30.3 Å². The number of hydrogen-bond acceptors (Lipinski definition) is 3. The van der Waals surface area contributed by atoms with Gasteiger partial charge in [-0.25, -0.2) is 8.78 Å². The van der Waals surface area contributed by atoms with Crippen molar-refractivity contribution in [2.75, 3.05) is 27.2 Å². The third-order valence-corrected chi connectivity index (χ3v) is 4.11. The second-order valence-corrected chi connectivity index (χ2v) is 6.32. The lowest BCUT2D eigenvalue weighted by atomic mass is 10.1. The Morgan fingerprint density at radius 2 is 1.74 bits per heavy atom. The highest BCUT2D eigenvalue weighted by Crippen LogP contribution is 2.16. The Morgan fingerprint density at radius 1 is 1.04 bits per heavy atom. The minimum atomic E-state index is -0.936. The van der Waals surface area contributed by atoms with Gasteiger partial charge in [-0.3, -0.25) is 9.59 Å². The predicted molar refractivity (Wildman–Crippen MR) is 99.2 cm³/mol. The van der Waals surface area contributed by atoms with Crippen LogP contribution in [0.15, 0.2) is 48.5 Å². The molecule has 0 heterocycles. The first-order valence-corrected chi connectivity index (χ1v) is 8.60. The van der Waals surface area contributed by atoms with Gasteiger partial charge in [0.15, 0.2) is 0 Å². The van der Waals surface area contributed by atoms with Crippen LogP contribution in [0.1, 0.15) is 28.4 Å². The zero-order valence-electron chi connectivity index (χ0n) is 15.3. The van der Waals surface area contributed by atoms with Crippen molar-refractivity contribution in [3.8, 4) is 0 Å². The third kappa shape index (κ3) is 6.14. The molecule has 0 aliphatic rings. The Morgan fingerprint density at radius 3 is 2.37 bits per heavy atom. The Labute approximate surface area is 157 Å². The summed E-state index contributed by atoms with van der Waals surface area (Å²) >= 11 is 0. The van der Waals surface area contributed by atoms with E-state index in [2.05, 4.69) is 10.6 Å². The van der Waals surface area contributed by atoms with Crippen molar-refractivity contribution >= 4 is 11.8 Å². The molecule has 0 fully saturated rings. The molecule has 2 N–H and O–H groups in total. The summed E-state index contributed by atoms with van der Waals surface area (Å²) in [5, 5.41) is 5.30. The van der Waals surface area contributed by atoms with Crippen molar-refractivity contribution in [1.82, 2.24) is 15.5 Å². The molecule has 0 aliphatic carbocycles. The van der Waals surface area contributed by atoms with Crippen LogP contribution in [0, 0.1) is 11.6 Å². The third-order valence-electron chi connectivity index (χ3n) is 4.11. The van der Waals surface area contributed by atoms with Crippen LogP contribution in [0.3, 0.4) is 0 Å². The summed E-state index contributed by atoms with van der Waals surface area (Å²) in [6.07, 6.45) is 0.0590. The average molecular weight is 375 g/mol. The van der Waals surface area contributed by atoms with Crippen LogP contribution in [0.4, 0.5) is 8.78 Å². The van der Waals surface area contributed by atoms with Gasteiger partial charge in [0.2, 0.25) is 5.91 Å². The predicted octanol–water partition coefficient (Wildman–Crippen LogP) is 2.50. The minimum absolute atomic E-state index is 0.0260. The molecule has 2 amide bonds. The molecule has 2 aromatic rings. The molecular formula is C20H23F2N3O2. The summed E-state index contributed by atoms with van der Waals surface area (Å²) in [6, 6.07) is 12.6. The number of halogens is 2. The number of carbonyl (C=O) groups is 2. The molecule has 144 valence electrons. The molecule has 27 heavy (non-hydrogen) atoms. The van der Waals surface area contributed by atoms with E-state index in [4.69, 9.17) is 0 Å². The molecule has 1 atom stereocenters. The standard InChI is InChI=1S/C20H23F2N3O2/c1-25(2)18(14-6-4-3-5-7-14)13-24-19(26)10-11-23-20(27)16-9-8-15(21)12-17(16)22/h3-9,12,18H,10-11,13H2,1-2H3,(H,23,27)(H,24,26). The number of nitrogens with zero attached hydrogens (tertiary/aromatic N) is 1. The van der Waals surface area contributed by atoms with Gasteiger partial charge in [0, 0.05) is 25.6 Å². The molecule has 0 saturated heterocycles. The van der Waals surface area contributed by atoms with E-state index >= 15 is 0 Å². The number of nitrogens with one attached hydrogen (secondary N) is 2. The average Bonchev–Trinajstić information content (AvgIpc) is 2.62. The maximum absolute atomic E-state index is 13.5. The first-order valence-electron chi connectivity index (χ1n) is 8.60. The summed E-state index contributed by atoms with van der Waals surface area (Å²) in [4.78, 5) is 25.9. The van der Waals surface area contributed by atoms with Crippen LogP contribution >= 0.6 is 0 Å². The van der Waals surface area contributed by atoms with E-state index in [9.17, 15) is 18.4 Å². The van der Waals surface area contributed by atoms with Crippen molar-refractivity contribution in [3.05, 3.63) is 71.3 Å². The molecule has 0 bridgehead atoms. The maximum atomic E-state index is 13.5. The van der Waals surface area contributed by atoms with Gasteiger partial charge in [0.1, 0.15) is 11.6 Å². The van der Waals surface area contributed by atoms with Gasteiger partial charge in [0.25, 0.3) is 5.91 Å². The van der Waals surface area contributed by atoms with Crippen LogP contribution < -0.4 is 10.6 Å². The van der Waals surface area contributed by atoms with E-state index in [0.29, 0.717) is 12.6 Å². The van der Waals surface area contributed by atoms with Gasteiger partial charge in [-0.2, -0.15) is 0 Å². The van der Waals surface area contributed by atoms with Crippen molar-refractivity contribution in [3.63, 3.8) is 0 Å². The summed E-state index contributed by atoms with van der Waals surface area (Å²) in [5.41, 5.74) is 0.830. The summed E-state index contributed by atoms with van der Waals surface area (Å²) in [6.45, 7) is 0.482. The number of likely N-dealkylation sites (N-methyl/N-ethyl adjacent to an activating group) is 1. The smallest absolute Gasteiger partial charge is 0.254 e. The number of benzene rings is 2. The Bertz CT molecular complexity index is 782. The monoisotopic (exact) mass is 375 g/mol. The Hall–Kier alpha value is -2.80. The largest absolute Gasteiger partial charge is 0.354 e. The fourth-order valence-electron chi connectivity index (χ4n) is 2.63. The molecule has 2 rings (SSSR count). The van der Waals surface area contributed by atoms with Crippen LogP contribution in [0.25, 0.3) is 0 Å². The van der Waals surface area contributed by atoms with Crippen molar-refractivity contribution in [1.29, 1.82) is 0 Å². The van der Waals surface area contributed by atoms with Gasteiger partial charge >= 0.3 is 0 Å². The highest BCUT2D eigenvalue weighted by atomic mass is 19.1. The summed E-state index contributed by atoms with van der Waals surface area (Å²) in [7, 11) is 3.86. The van der Waals surface area contributed by atoms with Crippen molar-refractivity contribution < 1.29 is 18.4 Å². The number of hydrogen-bond donors (Lipinski definition) is 2. The molecule has 0 saturated carbocycles. The molecule has 2 aromatic carbocycles. The minimum Gasteiger partial charge on any atom is -0.354 e. The Balaban J connectivity index is 1.79. The maximum Gasteiger partial charge on any atom is 0.254 e. The topological polar surface area (TPSA) is 61.4 Å². The fourth-order valence-corrected chi connectivity index (χ4v) is 2.63. The number of amides is 2. The molecule has 0 aliphatic heterocycles. The lowest BCUT2D eigenvalue weighted by molar-refractivity contribution is -0.121. The molecule has 1 unspecified atom stereocenters. The van der Waals surface area contributed by atoms with E-state index in [1.807, 2.05) is 49.3 Å². The normalized spacial score (nSPS) is 11.9. The zero-order chi connectivity index (χ0) is 19.8. The van der Waals surface area contributed by atoms with Crippen LogP contribution in [0.2, 0.25) is 0 Å². The first-order chi connectivity index (χ1) is 12.9. The van der Waals surface area contributed by atoms with Gasteiger partial charge in [0.05, 0.1) is 11.6 Å². The van der Waals surface area contributed by atoms with E-state index in [1.165, 1.54) is 0 Å². The number of carbonyl (C=O) groups excluding carboxylic acids is 2. The van der Waals surface area contributed by atoms with E-state index in [0.717, 1.165) is 17.7 Å². The quantitative estimate of drug-likeness (QED) is 0.745. The van der Waals surface area contributed by atoms with Crippen molar-refractivity contribution in [2.24, 2.45) is 0 Å². The second-order valence-electron chi connectivity index (χ2n) is 6.32. The lowest BCUT2D eigenvalue weighted by Crippen LogP contribution is -2.36. The molecular weight excluding hydrogens is 352 g/mol. The molecule has 0 spiro atoms. The van der Waals surface area contributed by atoms with Crippen LogP contribution in [-0.4, -0.2) is 43.9 Å². The highest BCUT2D eigenvalue weighted by Gasteiger charge is 2.16. The zero-order valence-corrected chi connectivity index (χ0v) is 15.3. The van der Waals surface area contributed by atoms with Crippen LogP contribution in [0.5, 0.6) is 0 Å². The second kappa shape index (κ2) is 9.78. The van der Waals surface area contributed by atoms with E-state index in [-0.39, 0.29) is 30.5 Å². The van der Waals surface area contributed by atoms with Crippen molar-refractivity contribution in [2.45, 2.75) is 12.5 Å². The van der Waals surface area contributed by atoms with Gasteiger partial charge in [-0.15, -0.1) is 0 Å². The lowest BCUT2D eigenvalue weighted by Gasteiger charge is -2.25. The van der Waals surface area contributed by atoms with Gasteiger partial charge in [-0.05, 0) is 31.8 Å². The highest BCUT2D eigenvalue weighted by molar-refractivity contribution is 5.94. The molecule has 7 heteroatoms. The fraction of sp³-hybridized carbons (Fsp3) is 0.300. The summed E-state index contributed by atoms with van der Waals surface area (Å²) in [5.74, 6) is -2.60. The summed E-state index contributed by atoms with van der Waals surface area (Å²) < 4.78 is 26.4. The van der Waals surface area contributed by atoms with Crippen LogP contribution in [-0.2, 0) is 4.79 Å². The SMILES string of the molecule is CN(C)C(CNC(=O)CCNC(=O)c1ccc(F)cc1F)c1ccccc1. The molecule has 0 radical (unpaired) electrons. The Kier molecular flexibility index (Phi) is 7.43. The first kappa shape index (κ1) is 20.5. The molecule has 0 aromatic heterocycles. The number of rotatable bonds is 8. The van der Waals surface area contributed by atoms with E-state index < -0.39 is 17.5 Å². The van der Waals surface area contributed by atoms with Gasteiger partial charge < -0.3 is 15.5 Å². The molecule has 5 nitrogen and oxygen atoms in total. The van der Waals surface area contributed by atoms with E-state index in [1.54, 1.807) is 0 Å².